The molecular weight excluding hydrogens is 544 g/mol. The minimum absolute atomic E-state index is 0. The second-order valence-corrected chi connectivity index (χ2v) is 16.9. The molecule has 0 radical (unpaired) electrons. The van der Waals surface area contributed by atoms with Crippen molar-refractivity contribution < 1.29 is 18.8 Å². The number of anilines is 1. The molecule has 0 saturated carbocycles. The van der Waals surface area contributed by atoms with E-state index in [1.54, 1.807) is 20.8 Å². The number of ether oxygens (including phenoxy) is 1. The summed E-state index contributed by atoms with van der Waals surface area (Å²) in [5.41, 5.74) is -0.0202. The average Bonchev–Trinajstić information content (AvgIpc) is 2.67. The van der Waals surface area contributed by atoms with E-state index < -0.39 is 26.1 Å². The normalized spacial score (nSPS) is 13.0. The first-order valence-corrected chi connectivity index (χ1v) is 15.7. The SMILES string of the molecule is C.CC(C)(C)OC(=O)NC(CCS)C(=O)Nc1ccc(Br)c2ccc(O[Si](C)(C)C(C)(C)C)cc12. The fraction of sp³-hybridized carbons (Fsp3) is 0.538. The number of fused-ring (bicyclic) bond motifs is 1. The second-order valence-electron chi connectivity index (χ2n) is 10.9. The van der Waals surface area contributed by atoms with Crippen LogP contribution in [-0.2, 0) is 9.53 Å². The molecule has 6 nitrogen and oxygen atoms in total. The van der Waals surface area contributed by atoms with Crippen LogP contribution >= 0.6 is 28.6 Å². The van der Waals surface area contributed by atoms with Crippen LogP contribution in [0.1, 0.15) is 55.4 Å². The Morgan fingerprint density at radius 3 is 2.23 bits per heavy atom. The zero-order valence-corrected chi connectivity index (χ0v) is 24.8. The van der Waals surface area contributed by atoms with Gasteiger partial charge in [0.2, 0.25) is 14.2 Å². The van der Waals surface area contributed by atoms with Crippen LogP contribution in [0, 0.1) is 0 Å². The first-order valence-electron chi connectivity index (χ1n) is 11.4. The topological polar surface area (TPSA) is 76.7 Å². The van der Waals surface area contributed by atoms with Crippen molar-refractivity contribution in [1.82, 2.24) is 5.32 Å². The van der Waals surface area contributed by atoms with Crippen LogP contribution in [0.25, 0.3) is 10.8 Å². The number of halogens is 1. The maximum atomic E-state index is 13.1. The maximum Gasteiger partial charge on any atom is 0.408 e. The first kappa shape index (κ1) is 31.3. The number of alkyl carbamates (subject to hydrolysis) is 1. The highest BCUT2D eigenvalue weighted by molar-refractivity contribution is 9.10. The molecule has 2 rings (SSSR count). The molecule has 0 aliphatic carbocycles. The van der Waals surface area contributed by atoms with Gasteiger partial charge in [0.1, 0.15) is 17.4 Å². The molecular formula is C26H41BrN2O4SSi. The molecule has 2 N–H and O–H groups in total. The fourth-order valence-electron chi connectivity index (χ4n) is 2.98. The summed E-state index contributed by atoms with van der Waals surface area (Å²) in [5.74, 6) is 0.866. The lowest BCUT2D eigenvalue weighted by Gasteiger charge is -2.36. The molecule has 0 heterocycles. The van der Waals surface area contributed by atoms with E-state index in [0.717, 1.165) is 21.0 Å². The number of amides is 2. The number of benzene rings is 2. The predicted molar refractivity (Wildman–Crippen MR) is 156 cm³/mol. The summed E-state index contributed by atoms with van der Waals surface area (Å²) in [7, 11) is -2.03. The Morgan fingerprint density at radius 1 is 1.06 bits per heavy atom. The van der Waals surface area contributed by atoms with E-state index in [0.29, 0.717) is 17.9 Å². The Bertz CT molecular complexity index is 1050. The van der Waals surface area contributed by atoms with Crippen LogP contribution in [0.15, 0.2) is 34.8 Å². The first-order chi connectivity index (χ1) is 15.5. The van der Waals surface area contributed by atoms with Gasteiger partial charge in [-0.1, -0.05) is 44.1 Å². The number of carbonyl (C=O) groups excluding carboxylic acids is 2. The quantitative estimate of drug-likeness (QED) is 0.229. The van der Waals surface area contributed by atoms with Gasteiger partial charge in [-0.25, -0.2) is 4.79 Å². The van der Waals surface area contributed by atoms with Crippen LogP contribution in [0.3, 0.4) is 0 Å². The van der Waals surface area contributed by atoms with Crippen molar-refractivity contribution in [1.29, 1.82) is 0 Å². The van der Waals surface area contributed by atoms with Gasteiger partial charge >= 0.3 is 6.09 Å². The Labute approximate surface area is 225 Å². The van der Waals surface area contributed by atoms with E-state index in [4.69, 9.17) is 9.16 Å². The highest BCUT2D eigenvalue weighted by Gasteiger charge is 2.39. The number of hydrogen-bond acceptors (Lipinski definition) is 5. The van der Waals surface area contributed by atoms with Crippen LogP contribution in [0.2, 0.25) is 18.1 Å². The fourth-order valence-corrected chi connectivity index (χ4v) is 4.74. The number of thiol groups is 1. The van der Waals surface area contributed by atoms with E-state index in [9.17, 15) is 9.59 Å². The molecule has 0 aromatic heterocycles. The molecule has 9 heteroatoms. The van der Waals surface area contributed by atoms with Gasteiger partial charge < -0.3 is 19.8 Å². The van der Waals surface area contributed by atoms with Crippen LogP contribution in [0.5, 0.6) is 5.75 Å². The van der Waals surface area contributed by atoms with Crippen molar-refractivity contribution >= 4 is 65.3 Å². The molecule has 0 spiro atoms. The van der Waals surface area contributed by atoms with Gasteiger partial charge in [0, 0.05) is 15.5 Å². The van der Waals surface area contributed by atoms with E-state index in [2.05, 4.69) is 73.1 Å². The van der Waals surface area contributed by atoms with Gasteiger partial charge in [-0.3, -0.25) is 4.79 Å². The standard InChI is InChI=1S/C25H37BrN2O4SSi.CH4/c1-24(2,3)31-23(30)28-21(13-14-33)22(29)27-20-12-11-19(26)17-10-9-16(15-18(17)20)32-34(7,8)25(4,5)6;/h9-12,15,21,33H,13-14H2,1-8H3,(H,27,29)(H,28,30);1H4. The molecule has 0 bridgehead atoms. The lowest BCUT2D eigenvalue weighted by Crippen LogP contribution is -2.46. The van der Waals surface area contributed by atoms with Crippen LogP contribution < -0.4 is 15.1 Å². The lowest BCUT2D eigenvalue weighted by atomic mass is 10.1. The molecule has 1 unspecified atom stereocenters. The van der Waals surface area contributed by atoms with Crippen molar-refractivity contribution in [2.75, 3.05) is 11.1 Å². The van der Waals surface area contributed by atoms with Gasteiger partial charge in [-0.05, 0) is 86.8 Å². The molecule has 0 aliphatic heterocycles. The summed E-state index contributed by atoms with van der Waals surface area (Å²) in [4.78, 5) is 25.4. The van der Waals surface area contributed by atoms with Gasteiger partial charge in [0.05, 0.1) is 0 Å². The average molecular weight is 586 g/mol. The molecule has 2 aromatic carbocycles. The monoisotopic (exact) mass is 584 g/mol. The lowest BCUT2D eigenvalue weighted by molar-refractivity contribution is -0.118. The highest BCUT2D eigenvalue weighted by Crippen LogP contribution is 2.39. The summed E-state index contributed by atoms with van der Waals surface area (Å²) in [6.07, 6.45) is -0.275. The van der Waals surface area contributed by atoms with Crippen molar-refractivity contribution in [2.45, 2.75) is 85.2 Å². The van der Waals surface area contributed by atoms with Gasteiger partial charge in [0.15, 0.2) is 0 Å². The third-order valence-corrected chi connectivity index (χ3v) is 11.1. The highest BCUT2D eigenvalue weighted by atomic mass is 79.9. The van der Waals surface area contributed by atoms with E-state index >= 15 is 0 Å². The predicted octanol–water partition coefficient (Wildman–Crippen LogP) is 7.77. The third kappa shape index (κ3) is 8.72. The molecule has 0 saturated heterocycles. The summed E-state index contributed by atoms with van der Waals surface area (Å²) in [6, 6.07) is 8.87. The minimum Gasteiger partial charge on any atom is -0.543 e. The Kier molecular flexibility index (Phi) is 10.8. The summed E-state index contributed by atoms with van der Waals surface area (Å²) >= 11 is 7.85. The molecule has 2 aromatic rings. The molecule has 1 atom stereocenters. The van der Waals surface area contributed by atoms with Crippen molar-refractivity contribution in [3.8, 4) is 5.75 Å². The third-order valence-electron chi connectivity index (χ3n) is 5.80. The van der Waals surface area contributed by atoms with Crippen molar-refractivity contribution in [3.63, 3.8) is 0 Å². The van der Waals surface area contributed by atoms with Crippen LogP contribution in [0.4, 0.5) is 10.5 Å². The Morgan fingerprint density at radius 2 is 1.69 bits per heavy atom. The van der Waals surface area contributed by atoms with Crippen molar-refractivity contribution in [3.05, 3.63) is 34.8 Å². The summed E-state index contributed by atoms with van der Waals surface area (Å²) < 4.78 is 12.7. The molecule has 35 heavy (non-hydrogen) atoms. The smallest absolute Gasteiger partial charge is 0.408 e. The Hall–Kier alpha value is -1.71. The van der Waals surface area contributed by atoms with E-state index in [1.807, 2.05) is 30.3 Å². The number of rotatable bonds is 7. The zero-order chi connectivity index (χ0) is 25.9. The van der Waals surface area contributed by atoms with E-state index in [-0.39, 0.29) is 18.4 Å². The molecule has 0 fully saturated rings. The van der Waals surface area contributed by atoms with Crippen LogP contribution in [-0.4, -0.2) is 37.7 Å². The molecule has 196 valence electrons. The van der Waals surface area contributed by atoms with Crippen molar-refractivity contribution in [2.24, 2.45) is 0 Å². The second kappa shape index (κ2) is 12.0. The van der Waals surface area contributed by atoms with Gasteiger partial charge in [-0.15, -0.1) is 0 Å². The summed E-state index contributed by atoms with van der Waals surface area (Å²) in [6.45, 7) is 16.3. The number of nitrogens with one attached hydrogen (secondary N) is 2. The molecule has 0 aliphatic rings. The number of carbonyl (C=O) groups is 2. The van der Waals surface area contributed by atoms with Gasteiger partial charge in [-0.2, -0.15) is 12.6 Å². The van der Waals surface area contributed by atoms with Gasteiger partial charge in [0.25, 0.3) is 0 Å². The van der Waals surface area contributed by atoms with E-state index in [1.165, 1.54) is 0 Å². The summed E-state index contributed by atoms with van der Waals surface area (Å²) in [5, 5.41) is 7.50. The minimum atomic E-state index is -2.03. The Balaban J connectivity index is 0.00000612. The zero-order valence-electron chi connectivity index (χ0n) is 21.3. The number of hydrogen-bond donors (Lipinski definition) is 3. The largest absolute Gasteiger partial charge is 0.543 e. The molecule has 2 amide bonds. The maximum absolute atomic E-state index is 13.1.